The standard InChI is InChI=1S/C14H21NO/c1-6-14(4,5)13(16)15-12-9-7-8-10(2)11(12)3/h7-9H,6H2,1-5H3,(H,15,16). The number of amides is 1. The van der Waals surface area contributed by atoms with Crippen molar-refractivity contribution in [1.82, 2.24) is 0 Å². The molecule has 0 aromatic heterocycles. The number of carbonyl (C=O) groups is 1. The second kappa shape index (κ2) is 4.69. The van der Waals surface area contributed by atoms with E-state index in [0.717, 1.165) is 17.7 Å². The molecule has 0 fully saturated rings. The topological polar surface area (TPSA) is 29.1 Å². The van der Waals surface area contributed by atoms with Crippen LogP contribution < -0.4 is 5.32 Å². The number of hydrogen-bond donors (Lipinski definition) is 1. The summed E-state index contributed by atoms with van der Waals surface area (Å²) in [6, 6.07) is 5.97. The molecule has 0 aliphatic heterocycles. The molecule has 0 saturated heterocycles. The minimum Gasteiger partial charge on any atom is -0.325 e. The third-order valence-corrected chi connectivity index (χ3v) is 3.35. The van der Waals surface area contributed by atoms with Crippen molar-refractivity contribution in [3.05, 3.63) is 29.3 Å². The zero-order valence-electron chi connectivity index (χ0n) is 10.8. The van der Waals surface area contributed by atoms with Crippen LogP contribution in [0.25, 0.3) is 0 Å². The van der Waals surface area contributed by atoms with Crippen LogP contribution in [0.4, 0.5) is 5.69 Å². The number of benzene rings is 1. The molecule has 0 unspecified atom stereocenters. The predicted molar refractivity (Wildman–Crippen MR) is 68.6 cm³/mol. The Balaban J connectivity index is 2.90. The molecule has 0 radical (unpaired) electrons. The highest BCUT2D eigenvalue weighted by molar-refractivity contribution is 5.95. The van der Waals surface area contributed by atoms with E-state index >= 15 is 0 Å². The van der Waals surface area contributed by atoms with Gasteiger partial charge < -0.3 is 5.32 Å². The largest absolute Gasteiger partial charge is 0.325 e. The van der Waals surface area contributed by atoms with E-state index in [1.807, 2.05) is 39.8 Å². The molecule has 1 amide bonds. The van der Waals surface area contributed by atoms with Gasteiger partial charge in [-0.3, -0.25) is 4.79 Å². The number of rotatable bonds is 3. The molecule has 1 aromatic carbocycles. The maximum atomic E-state index is 12.0. The number of carbonyl (C=O) groups excluding carboxylic acids is 1. The highest BCUT2D eigenvalue weighted by Gasteiger charge is 2.25. The molecule has 0 bridgehead atoms. The third-order valence-electron chi connectivity index (χ3n) is 3.35. The number of nitrogens with one attached hydrogen (secondary N) is 1. The fraction of sp³-hybridized carbons (Fsp3) is 0.500. The van der Waals surface area contributed by atoms with Crippen molar-refractivity contribution in [2.45, 2.75) is 41.0 Å². The van der Waals surface area contributed by atoms with Crippen molar-refractivity contribution in [3.63, 3.8) is 0 Å². The van der Waals surface area contributed by atoms with E-state index in [9.17, 15) is 4.79 Å². The van der Waals surface area contributed by atoms with Gasteiger partial charge in [-0.05, 0) is 37.5 Å². The Morgan fingerprint density at radius 1 is 1.31 bits per heavy atom. The van der Waals surface area contributed by atoms with Crippen LogP contribution in [-0.2, 0) is 4.79 Å². The van der Waals surface area contributed by atoms with Gasteiger partial charge in [-0.15, -0.1) is 0 Å². The summed E-state index contributed by atoms with van der Waals surface area (Å²) in [5, 5.41) is 3.00. The van der Waals surface area contributed by atoms with Crippen molar-refractivity contribution in [2.75, 3.05) is 5.32 Å². The summed E-state index contributed by atoms with van der Waals surface area (Å²) in [4.78, 5) is 12.0. The van der Waals surface area contributed by atoms with Gasteiger partial charge in [0.1, 0.15) is 0 Å². The van der Waals surface area contributed by atoms with Crippen molar-refractivity contribution >= 4 is 11.6 Å². The highest BCUT2D eigenvalue weighted by atomic mass is 16.2. The lowest BCUT2D eigenvalue weighted by Crippen LogP contribution is -2.30. The molecule has 1 rings (SSSR count). The van der Waals surface area contributed by atoms with E-state index in [2.05, 4.69) is 18.3 Å². The lowest BCUT2D eigenvalue weighted by molar-refractivity contribution is -0.124. The molecule has 0 aliphatic rings. The summed E-state index contributed by atoms with van der Waals surface area (Å²) in [6.07, 6.45) is 0.837. The summed E-state index contributed by atoms with van der Waals surface area (Å²) >= 11 is 0. The Morgan fingerprint density at radius 3 is 2.50 bits per heavy atom. The number of anilines is 1. The molecular formula is C14H21NO. The highest BCUT2D eigenvalue weighted by Crippen LogP contribution is 2.24. The fourth-order valence-corrected chi connectivity index (χ4v) is 1.34. The molecule has 0 aliphatic carbocycles. The van der Waals surface area contributed by atoms with E-state index in [4.69, 9.17) is 0 Å². The number of aryl methyl sites for hydroxylation is 1. The average Bonchev–Trinajstić information content (AvgIpc) is 2.24. The van der Waals surface area contributed by atoms with Gasteiger partial charge in [0.15, 0.2) is 0 Å². The van der Waals surface area contributed by atoms with E-state index in [0.29, 0.717) is 0 Å². The maximum absolute atomic E-state index is 12.0. The Labute approximate surface area is 98.1 Å². The van der Waals surface area contributed by atoms with Crippen LogP contribution in [-0.4, -0.2) is 5.91 Å². The van der Waals surface area contributed by atoms with Gasteiger partial charge in [0.05, 0.1) is 0 Å². The minimum atomic E-state index is -0.309. The van der Waals surface area contributed by atoms with Crippen LogP contribution in [0.1, 0.15) is 38.3 Å². The monoisotopic (exact) mass is 219 g/mol. The molecule has 1 aromatic rings. The summed E-state index contributed by atoms with van der Waals surface area (Å²) in [6.45, 7) is 10.0. The Bertz CT molecular complexity index is 394. The molecule has 2 nitrogen and oxygen atoms in total. The third kappa shape index (κ3) is 2.63. The molecule has 1 N–H and O–H groups in total. The van der Waals surface area contributed by atoms with E-state index in [1.54, 1.807) is 0 Å². The summed E-state index contributed by atoms with van der Waals surface area (Å²) < 4.78 is 0. The Kier molecular flexibility index (Phi) is 3.74. The smallest absolute Gasteiger partial charge is 0.230 e. The molecule has 0 heterocycles. The van der Waals surface area contributed by atoms with Gasteiger partial charge in [-0.2, -0.15) is 0 Å². The van der Waals surface area contributed by atoms with Gasteiger partial charge in [0.2, 0.25) is 5.91 Å². The van der Waals surface area contributed by atoms with Crippen LogP contribution >= 0.6 is 0 Å². The summed E-state index contributed by atoms with van der Waals surface area (Å²) in [5.74, 6) is 0.0868. The fourth-order valence-electron chi connectivity index (χ4n) is 1.34. The predicted octanol–water partition coefficient (Wildman–Crippen LogP) is 3.68. The second-order valence-electron chi connectivity index (χ2n) is 4.94. The van der Waals surface area contributed by atoms with Crippen LogP contribution in [0.2, 0.25) is 0 Å². The first-order chi connectivity index (χ1) is 7.38. The SMILES string of the molecule is CCC(C)(C)C(=O)Nc1cccc(C)c1C. The lowest BCUT2D eigenvalue weighted by Gasteiger charge is -2.22. The molecule has 0 saturated carbocycles. The maximum Gasteiger partial charge on any atom is 0.230 e. The van der Waals surface area contributed by atoms with Gasteiger partial charge in [-0.25, -0.2) is 0 Å². The van der Waals surface area contributed by atoms with Crippen molar-refractivity contribution < 1.29 is 4.79 Å². The lowest BCUT2D eigenvalue weighted by atomic mass is 9.89. The van der Waals surface area contributed by atoms with E-state index < -0.39 is 0 Å². The van der Waals surface area contributed by atoms with Crippen LogP contribution in [0.5, 0.6) is 0 Å². The average molecular weight is 219 g/mol. The molecule has 2 heteroatoms. The first-order valence-electron chi connectivity index (χ1n) is 5.76. The molecule has 0 spiro atoms. The Hall–Kier alpha value is -1.31. The zero-order valence-corrected chi connectivity index (χ0v) is 10.8. The summed E-state index contributed by atoms with van der Waals surface area (Å²) in [5.41, 5.74) is 2.96. The van der Waals surface area contributed by atoms with Crippen LogP contribution in [0.15, 0.2) is 18.2 Å². The second-order valence-corrected chi connectivity index (χ2v) is 4.94. The van der Waals surface area contributed by atoms with Crippen LogP contribution in [0.3, 0.4) is 0 Å². The molecule has 0 atom stereocenters. The van der Waals surface area contributed by atoms with E-state index in [1.165, 1.54) is 5.56 Å². The van der Waals surface area contributed by atoms with Gasteiger partial charge >= 0.3 is 0 Å². The zero-order chi connectivity index (χ0) is 12.3. The quantitative estimate of drug-likeness (QED) is 0.825. The first-order valence-corrected chi connectivity index (χ1v) is 5.76. The Morgan fingerprint density at radius 2 is 1.94 bits per heavy atom. The van der Waals surface area contributed by atoms with Crippen molar-refractivity contribution in [3.8, 4) is 0 Å². The van der Waals surface area contributed by atoms with Gasteiger partial charge in [0, 0.05) is 11.1 Å². The van der Waals surface area contributed by atoms with Gasteiger partial charge in [-0.1, -0.05) is 32.9 Å². The van der Waals surface area contributed by atoms with Crippen LogP contribution in [0, 0.1) is 19.3 Å². The van der Waals surface area contributed by atoms with E-state index in [-0.39, 0.29) is 11.3 Å². The van der Waals surface area contributed by atoms with Crippen molar-refractivity contribution in [2.24, 2.45) is 5.41 Å². The molecule has 16 heavy (non-hydrogen) atoms. The number of hydrogen-bond acceptors (Lipinski definition) is 1. The molecule has 88 valence electrons. The first kappa shape index (κ1) is 12.8. The molecular weight excluding hydrogens is 198 g/mol. The minimum absolute atomic E-state index is 0.0868. The van der Waals surface area contributed by atoms with Crippen molar-refractivity contribution in [1.29, 1.82) is 0 Å². The van der Waals surface area contributed by atoms with Gasteiger partial charge in [0.25, 0.3) is 0 Å². The normalized spacial score (nSPS) is 11.3. The summed E-state index contributed by atoms with van der Waals surface area (Å²) in [7, 11) is 0.